The fraction of sp³-hybridized carbons (Fsp3) is 0.188. The maximum Gasteiger partial charge on any atom is 0.342 e. The lowest BCUT2D eigenvalue weighted by Gasteiger charge is -2.21. The highest BCUT2D eigenvalue weighted by Gasteiger charge is 2.33. The zero-order valence-corrected chi connectivity index (χ0v) is 10.7. The quantitative estimate of drug-likeness (QED) is 0.855. The molecule has 0 bridgehead atoms. The smallest absolute Gasteiger partial charge is 0.342 e. The van der Waals surface area contributed by atoms with Crippen molar-refractivity contribution in [2.24, 2.45) is 0 Å². The second-order valence-electron chi connectivity index (χ2n) is 4.50. The third kappa shape index (κ3) is 3.20. The van der Waals surface area contributed by atoms with Crippen molar-refractivity contribution in [2.45, 2.75) is 19.1 Å². The molecule has 0 heterocycles. The van der Waals surface area contributed by atoms with E-state index < -0.39 is 11.6 Å². The Balaban J connectivity index is 2.03. The van der Waals surface area contributed by atoms with Crippen LogP contribution in [0.2, 0.25) is 0 Å². The van der Waals surface area contributed by atoms with Crippen LogP contribution in [0.3, 0.4) is 0 Å². The number of benzene rings is 2. The number of hydrogen-bond acceptors (Lipinski definition) is 3. The molecule has 3 heteroatoms. The first-order valence-electron chi connectivity index (χ1n) is 6.10. The summed E-state index contributed by atoms with van der Waals surface area (Å²) in [5.74, 6) is -0.650. The number of carbonyl (C=O) groups is 1. The van der Waals surface area contributed by atoms with E-state index in [9.17, 15) is 9.90 Å². The van der Waals surface area contributed by atoms with Gasteiger partial charge in [0.05, 0.1) is 0 Å². The van der Waals surface area contributed by atoms with E-state index in [-0.39, 0.29) is 6.61 Å². The molecule has 98 valence electrons. The van der Waals surface area contributed by atoms with Crippen molar-refractivity contribution < 1.29 is 14.6 Å². The van der Waals surface area contributed by atoms with Gasteiger partial charge in [-0.15, -0.1) is 0 Å². The standard InChI is InChI=1S/C16H16O3/c1-16(18,14-10-6-3-7-11-14)15(17)19-12-13-8-4-2-5-9-13/h2-11,18H,12H2,1H3/t16-/m0/s1. The molecule has 19 heavy (non-hydrogen) atoms. The summed E-state index contributed by atoms with van der Waals surface area (Å²) in [5, 5.41) is 10.3. The van der Waals surface area contributed by atoms with Crippen LogP contribution >= 0.6 is 0 Å². The van der Waals surface area contributed by atoms with Crippen LogP contribution in [-0.2, 0) is 21.7 Å². The summed E-state index contributed by atoms with van der Waals surface area (Å²) in [6, 6.07) is 18.1. The molecule has 2 rings (SSSR count). The number of ether oxygens (including phenoxy) is 1. The lowest BCUT2D eigenvalue weighted by Crippen LogP contribution is -2.33. The van der Waals surface area contributed by atoms with E-state index in [1.54, 1.807) is 24.3 Å². The summed E-state index contributed by atoms with van der Waals surface area (Å²) in [4.78, 5) is 12.0. The Morgan fingerprint density at radius 2 is 1.58 bits per heavy atom. The van der Waals surface area contributed by atoms with Gasteiger partial charge in [0, 0.05) is 0 Å². The summed E-state index contributed by atoms with van der Waals surface area (Å²) >= 11 is 0. The van der Waals surface area contributed by atoms with Crippen molar-refractivity contribution in [3.63, 3.8) is 0 Å². The first-order valence-corrected chi connectivity index (χ1v) is 6.10. The molecule has 0 unspecified atom stereocenters. The largest absolute Gasteiger partial charge is 0.458 e. The van der Waals surface area contributed by atoms with Gasteiger partial charge >= 0.3 is 5.97 Å². The Kier molecular flexibility index (Phi) is 3.97. The van der Waals surface area contributed by atoms with Crippen molar-refractivity contribution in [3.05, 3.63) is 71.8 Å². The van der Waals surface area contributed by atoms with Crippen molar-refractivity contribution in [2.75, 3.05) is 0 Å². The highest BCUT2D eigenvalue weighted by Crippen LogP contribution is 2.22. The summed E-state index contributed by atoms with van der Waals surface area (Å²) < 4.78 is 5.16. The molecule has 3 nitrogen and oxygen atoms in total. The summed E-state index contributed by atoms with van der Waals surface area (Å²) in [5.41, 5.74) is -0.219. The molecule has 0 aliphatic rings. The molecule has 1 N–H and O–H groups in total. The first kappa shape index (κ1) is 13.3. The van der Waals surface area contributed by atoms with Crippen LogP contribution in [-0.4, -0.2) is 11.1 Å². The number of carbonyl (C=O) groups excluding carboxylic acids is 1. The van der Waals surface area contributed by atoms with Crippen molar-refractivity contribution in [1.82, 2.24) is 0 Å². The van der Waals surface area contributed by atoms with Gasteiger partial charge in [-0.1, -0.05) is 60.7 Å². The monoisotopic (exact) mass is 256 g/mol. The van der Waals surface area contributed by atoms with Gasteiger partial charge < -0.3 is 9.84 Å². The highest BCUT2D eigenvalue weighted by atomic mass is 16.5. The average Bonchev–Trinajstić information content (AvgIpc) is 2.46. The van der Waals surface area contributed by atoms with Gasteiger partial charge in [0.25, 0.3) is 0 Å². The predicted molar refractivity (Wildman–Crippen MR) is 72.3 cm³/mol. The lowest BCUT2D eigenvalue weighted by molar-refractivity contribution is -0.166. The van der Waals surface area contributed by atoms with Gasteiger partial charge in [0.1, 0.15) is 6.61 Å². The highest BCUT2D eigenvalue weighted by molar-refractivity contribution is 5.80. The Bertz CT molecular complexity index is 532. The molecular formula is C16H16O3. The molecule has 0 saturated heterocycles. The van der Waals surface area contributed by atoms with Crippen molar-refractivity contribution >= 4 is 5.97 Å². The molecule has 0 saturated carbocycles. The summed E-state index contributed by atoms with van der Waals surface area (Å²) in [6.45, 7) is 1.60. The van der Waals surface area contributed by atoms with E-state index in [4.69, 9.17) is 4.74 Å². The SMILES string of the molecule is C[C@@](O)(C(=O)OCc1ccccc1)c1ccccc1. The molecule has 1 atom stereocenters. The predicted octanol–water partition coefficient (Wildman–Crippen LogP) is 2.64. The number of hydrogen-bond donors (Lipinski definition) is 1. The van der Waals surface area contributed by atoms with Crippen LogP contribution in [0.25, 0.3) is 0 Å². The third-order valence-electron chi connectivity index (χ3n) is 2.95. The van der Waals surface area contributed by atoms with Gasteiger partial charge in [-0.25, -0.2) is 4.79 Å². The van der Waals surface area contributed by atoms with Crippen LogP contribution in [0.5, 0.6) is 0 Å². The Morgan fingerprint density at radius 3 is 2.16 bits per heavy atom. The molecule has 0 radical (unpaired) electrons. The zero-order valence-electron chi connectivity index (χ0n) is 10.7. The second kappa shape index (κ2) is 5.67. The molecular weight excluding hydrogens is 240 g/mol. The first-order chi connectivity index (χ1) is 9.10. The molecule has 2 aromatic carbocycles. The Labute approximate surface area is 112 Å². The van der Waals surface area contributed by atoms with Gasteiger partial charge in [0.15, 0.2) is 5.60 Å². The van der Waals surface area contributed by atoms with E-state index in [0.717, 1.165) is 5.56 Å². The number of aliphatic hydroxyl groups is 1. The van der Waals surface area contributed by atoms with E-state index in [0.29, 0.717) is 5.56 Å². The normalized spacial score (nSPS) is 13.6. The fourth-order valence-electron chi connectivity index (χ4n) is 1.74. The van der Waals surface area contributed by atoms with Crippen LogP contribution in [0.4, 0.5) is 0 Å². The van der Waals surface area contributed by atoms with Gasteiger partial charge in [-0.2, -0.15) is 0 Å². The molecule has 0 spiro atoms. The Hall–Kier alpha value is -2.13. The van der Waals surface area contributed by atoms with Gasteiger partial charge in [-0.3, -0.25) is 0 Å². The zero-order chi connectivity index (χ0) is 13.7. The van der Waals surface area contributed by atoms with Crippen molar-refractivity contribution in [1.29, 1.82) is 0 Å². The summed E-state index contributed by atoms with van der Waals surface area (Å²) in [7, 11) is 0. The minimum absolute atomic E-state index is 0.155. The lowest BCUT2D eigenvalue weighted by atomic mass is 9.96. The van der Waals surface area contributed by atoms with Crippen molar-refractivity contribution in [3.8, 4) is 0 Å². The van der Waals surface area contributed by atoms with Crippen LogP contribution in [0.15, 0.2) is 60.7 Å². The van der Waals surface area contributed by atoms with E-state index >= 15 is 0 Å². The van der Waals surface area contributed by atoms with E-state index in [1.165, 1.54) is 6.92 Å². The van der Waals surface area contributed by atoms with E-state index in [2.05, 4.69) is 0 Å². The summed E-state index contributed by atoms with van der Waals surface area (Å²) in [6.07, 6.45) is 0. The minimum Gasteiger partial charge on any atom is -0.458 e. The maximum atomic E-state index is 12.0. The van der Waals surface area contributed by atoms with Gasteiger partial charge in [0.2, 0.25) is 0 Å². The molecule has 0 aliphatic heterocycles. The van der Waals surface area contributed by atoms with Crippen LogP contribution < -0.4 is 0 Å². The minimum atomic E-state index is -1.63. The average molecular weight is 256 g/mol. The van der Waals surface area contributed by atoms with Crippen LogP contribution in [0.1, 0.15) is 18.1 Å². The number of rotatable bonds is 4. The Morgan fingerprint density at radius 1 is 1.05 bits per heavy atom. The molecule has 0 aromatic heterocycles. The maximum absolute atomic E-state index is 12.0. The second-order valence-corrected chi connectivity index (χ2v) is 4.50. The number of esters is 1. The third-order valence-corrected chi connectivity index (χ3v) is 2.95. The van der Waals surface area contributed by atoms with Gasteiger partial charge in [-0.05, 0) is 18.1 Å². The topological polar surface area (TPSA) is 46.5 Å². The molecule has 0 fully saturated rings. The van der Waals surface area contributed by atoms with E-state index in [1.807, 2.05) is 36.4 Å². The molecule has 0 amide bonds. The van der Waals surface area contributed by atoms with Crippen LogP contribution in [0, 0.1) is 0 Å². The fourth-order valence-corrected chi connectivity index (χ4v) is 1.74. The molecule has 2 aromatic rings. The molecule has 0 aliphatic carbocycles.